The number of piperazine rings is 1. The molecular formula is C16H33N3. The molecule has 0 radical (unpaired) electrons. The van der Waals surface area contributed by atoms with E-state index < -0.39 is 0 Å². The first-order valence-corrected chi connectivity index (χ1v) is 8.28. The predicted molar refractivity (Wildman–Crippen MR) is 82.5 cm³/mol. The van der Waals surface area contributed by atoms with Crippen molar-refractivity contribution >= 4 is 0 Å². The van der Waals surface area contributed by atoms with E-state index in [-0.39, 0.29) is 0 Å². The van der Waals surface area contributed by atoms with E-state index >= 15 is 0 Å². The second-order valence-electron chi connectivity index (χ2n) is 7.09. The minimum absolute atomic E-state index is 0.707. The van der Waals surface area contributed by atoms with Crippen LogP contribution in [0.15, 0.2) is 0 Å². The summed E-state index contributed by atoms with van der Waals surface area (Å²) in [6.45, 7) is 16.9. The molecule has 0 aromatic rings. The van der Waals surface area contributed by atoms with Gasteiger partial charge in [0.25, 0.3) is 0 Å². The molecule has 19 heavy (non-hydrogen) atoms. The maximum Gasteiger partial charge on any atom is 0.0198 e. The Morgan fingerprint density at radius 2 is 2.05 bits per heavy atom. The summed E-state index contributed by atoms with van der Waals surface area (Å²) in [5, 5.41) is 3.72. The van der Waals surface area contributed by atoms with Gasteiger partial charge in [0.1, 0.15) is 0 Å². The molecule has 112 valence electrons. The zero-order chi connectivity index (χ0) is 13.8. The average Bonchev–Trinajstić information content (AvgIpc) is 2.80. The van der Waals surface area contributed by atoms with Crippen molar-refractivity contribution in [2.45, 2.75) is 52.6 Å². The van der Waals surface area contributed by atoms with Crippen LogP contribution in [0.5, 0.6) is 0 Å². The van der Waals surface area contributed by atoms with Gasteiger partial charge in [0.05, 0.1) is 0 Å². The standard InChI is InChI=1S/C16H33N3/c1-5-18-7-6-15(10-18)11-19-12-16(8-13(2)3)17-9-14(19)4/h13-17H,5-12H2,1-4H3. The van der Waals surface area contributed by atoms with E-state index in [4.69, 9.17) is 0 Å². The van der Waals surface area contributed by atoms with Gasteiger partial charge in [-0.2, -0.15) is 0 Å². The fourth-order valence-electron chi connectivity index (χ4n) is 3.66. The fourth-order valence-corrected chi connectivity index (χ4v) is 3.66. The van der Waals surface area contributed by atoms with E-state index in [0.717, 1.165) is 11.8 Å². The van der Waals surface area contributed by atoms with Gasteiger partial charge in [-0.25, -0.2) is 0 Å². The molecule has 2 aliphatic rings. The minimum atomic E-state index is 0.707. The lowest BCUT2D eigenvalue weighted by molar-refractivity contribution is 0.113. The SMILES string of the molecule is CCN1CCC(CN2CC(CC(C)C)NCC2C)C1. The van der Waals surface area contributed by atoms with Gasteiger partial charge in [-0.05, 0) is 44.7 Å². The molecule has 0 bridgehead atoms. The van der Waals surface area contributed by atoms with Gasteiger partial charge in [0, 0.05) is 38.3 Å². The molecule has 3 unspecified atom stereocenters. The van der Waals surface area contributed by atoms with Crippen LogP contribution in [0.1, 0.15) is 40.5 Å². The van der Waals surface area contributed by atoms with Crippen molar-refractivity contribution in [3.05, 3.63) is 0 Å². The zero-order valence-corrected chi connectivity index (χ0v) is 13.4. The topological polar surface area (TPSA) is 18.5 Å². The summed E-state index contributed by atoms with van der Waals surface area (Å²) in [7, 11) is 0. The largest absolute Gasteiger partial charge is 0.311 e. The molecule has 1 N–H and O–H groups in total. The van der Waals surface area contributed by atoms with Crippen molar-refractivity contribution in [2.24, 2.45) is 11.8 Å². The Balaban J connectivity index is 1.80. The molecule has 2 heterocycles. The fraction of sp³-hybridized carbons (Fsp3) is 1.00. The highest BCUT2D eigenvalue weighted by Gasteiger charge is 2.29. The first-order chi connectivity index (χ1) is 9.08. The Morgan fingerprint density at radius 1 is 1.26 bits per heavy atom. The zero-order valence-electron chi connectivity index (χ0n) is 13.4. The number of nitrogens with one attached hydrogen (secondary N) is 1. The third-order valence-electron chi connectivity index (χ3n) is 4.85. The summed E-state index contributed by atoms with van der Waals surface area (Å²) in [5.41, 5.74) is 0. The van der Waals surface area contributed by atoms with Gasteiger partial charge in [-0.3, -0.25) is 4.90 Å². The lowest BCUT2D eigenvalue weighted by atomic mass is 9.98. The average molecular weight is 267 g/mol. The molecule has 3 heteroatoms. The summed E-state index contributed by atoms with van der Waals surface area (Å²) in [6.07, 6.45) is 2.72. The summed E-state index contributed by atoms with van der Waals surface area (Å²) in [5.74, 6) is 1.70. The molecule has 2 saturated heterocycles. The van der Waals surface area contributed by atoms with Crippen molar-refractivity contribution in [1.29, 1.82) is 0 Å². The lowest BCUT2D eigenvalue weighted by Gasteiger charge is -2.40. The molecule has 0 aromatic heterocycles. The monoisotopic (exact) mass is 267 g/mol. The predicted octanol–water partition coefficient (Wildman–Crippen LogP) is 2.04. The number of hydrogen-bond acceptors (Lipinski definition) is 3. The van der Waals surface area contributed by atoms with Crippen LogP contribution in [0.2, 0.25) is 0 Å². The minimum Gasteiger partial charge on any atom is -0.311 e. The first-order valence-electron chi connectivity index (χ1n) is 8.28. The highest BCUT2D eigenvalue weighted by Crippen LogP contribution is 2.20. The summed E-state index contributed by atoms with van der Waals surface area (Å²) in [6, 6.07) is 1.42. The maximum atomic E-state index is 3.72. The summed E-state index contributed by atoms with van der Waals surface area (Å²) in [4.78, 5) is 5.34. The van der Waals surface area contributed by atoms with Crippen molar-refractivity contribution in [3.63, 3.8) is 0 Å². The second kappa shape index (κ2) is 7.05. The molecule has 0 aliphatic carbocycles. The second-order valence-corrected chi connectivity index (χ2v) is 7.09. The van der Waals surface area contributed by atoms with Gasteiger partial charge in [0.15, 0.2) is 0 Å². The van der Waals surface area contributed by atoms with Crippen molar-refractivity contribution in [2.75, 3.05) is 39.3 Å². The van der Waals surface area contributed by atoms with Gasteiger partial charge >= 0.3 is 0 Å². The quantitative estimate of drug-likeness (QED) is 0.822. The van der Waals surface area contributed by atoms with Crippen LogP contribution >= 0.6 is 0 Å². The van der Waals surface area contributed by atoms with Crippen LogP contribution in [-0.4, -0.2) is 61.2 Å². The highest BCUT2D eigenvalue weighted by molar-refractivity contribution is 4.87. The van der Waals surface area contributed by atoms with E-state index in [2.05, 4.69) is 42.8 Å². The van der Waals surface area contributed by atoms with E-state index in [0.29, 0.717) is 12.1 Å². The molecule has 0 aromatic carbocycles. The molecule has 0 amide bonds. The van der Waals surface area contributed by atoms with Crippen molar-refractivity contribution < 1.29 is 0 Å². The van der Waals surface area contributed by atoms with Crippen LogP contribution in [-0.2, 0) is 0 Å². The normalized spacial score (nSPS) is 34.3. The Kier molecular flexibility index (Phi) is 5.67. The van der Waals surface area contributed by atoms with Crippen LogP contribution < -0.4 is 5.32 Å². The number of likely N-dealkylation sites (tertiary alicyclic amines) is 1. The third kappa shape index (κ3) is 4.44. The van der Waals surface area contributed by atoms with Crippen LogP contribution in [0.25, 0.3) is 0 Å². The molecule has 2 rings (SSSR count). The van der Waals surface area contributed by atoms with Crippen molar-refractivity contribution in [1.82, 2.24) is 15.1 Å². The van der Waals surface area contributed by atoms with Gasteiger partial charge in [-0.15, -0.1) is 0 Å². The first kappa shape index (κ1) is 15.3. The molecule has 2 fully saturated rings. The number of nitrogens with zero attached hydrogens (tertiary/aromatic N) is 2. The molecular weight excluding hydrogens is 234 g/mol. The summed E-state index contributed by atoms with van der Waals surface area (Å²) >= 11 is 0. The smallest absolute Gasteiger partial charge is 0.0198 e. The molecule has 0 spiro atoms. The molecule has 3 atom stereocenters. The van der Waals surface area contributed by atoms with Crippen LogP contribution in [0.4, 0.5) is 0 Å². The number of rotatable bonds is 5. The van der Waals surface area contributed by atoms with E-state index in [1.165, 1.54) is 52.1 Å². The van der Waals surface area contributed by atoms with E-state index in [9.17, 15) is 0 Å². The highest BCUT2D eigenvalue weighted by atomic mass is 15.2. The Hall–Kier alpha value is -0.120. The summed E-state index contributed by atoms with van der Waals surface area (Å²) < 4.78 is 0. The van der Waals surface area contributed by atoms with Crippen LogP contribution in [0, 0.1) is 11.8 Å². The van der Waals surface area contributed by atoms with E-state index in [1.807, 2.05) is 0 Å². The molecule has 3 nitrogen and oxygen atoms in total. The Labute approximate surface area is 119 Å². The van der Waals surface area contributed by atoms with Gasteiger partial charge in [-0.1, -0.05) is 20.8 Å². The Bertz CT molecular complexity index is 267. The van der Waals surface area contributed by atoms with Crippen LogP contribution in [0.3, 0.4) is 0 Å². The molecule has 2 aliphatic heterocycles. The maximum absolute atomic E-state index is 3.72. The number of hydrogen-bond donors (Lipinski definition) is 1. The third-order valence-corrected chi connectivity index (χ3v) is 4.85. The molecule has 0 saturated carbocycles. The lowest BCUT2D eigenvalue weighted by Crippen LogP contribution is -2.56. The Morgan fingerprint density at radius 3 is 2.68 bits per heavy atom. The van der Waals surface area contributed by atoms with E-state index in [1.54, 1.807) is 0 Å². The van der Waals surface area contributed by atoms with Gasteiger partial charge < -0.3 is 10.2 Å². The van der Waals surface area contributed by atoms with Gasteiger partial charge in [0.2, 0.25) is 0 Å². The van der Waals surface area contributed by atoms with Crippen molar-refractivity contribution in [3.8, 4) is 0 Å².